The van der Waals surface area contributed by atoms with E-state index < -0.39 is 37.3 Å². The lowest BCUT2D eigenvalue weighted by molar-refractivity contribution is -0.312. The van der Waals surface area contributed by atoms with Crippen LogP contribution in [0.5, 0.6) is 0 Å². The molecule has 1 saturated heterocycles. The number of ether oxygens (including phenoxy) is 2. The van der Waals surface area contributed by atoms with Gasteiger partial charge < -0.3 is 29.9 Å². The molecule has 6 heteroatoms. The van der Waals surface area contributed by atoms with E-state index in [1.54, 1.807) is 5.57 Å². The second kappa shape index (κ2) is 11.5. The second-order valence-corrected chi connectivity index (χ2v) is 15.6. The molecular weight excluding hydrogens is 516 g/mol. The second-order valence-electron chi connectivity index (χ2n) is 15.6. The molecule has 0 unspecified atom stereocenters. The van der Waals surface area contributed by atoms with Crippen LogP contribution in [-0.4, -0.2) is 63.8 Å². The van der Waals surface area contributed by atoms with Crippen molar-refractivity contribution in [3.05, 3.63) is 11.6 Å². The lowest BCUT2D eigenvalue weighted by Gasteiger charge is -2.54. The monoisotopic (exact) mass is 574 g/mol. The lowest BCUT2D eigenvalue weighted by Crippen LogP contribution is -2.59. The highest BCUT2D eigenvalue weighted by atomic mass is 16.7. The highest BCUT2D eigenvalue weighted by Gasteiger charge is 2.76. The highest BCUT2D eigenvalue weighted by molar-refractivity contribution is 5.39. The number of aliphatic hydroxyl groups excluding tert-OH is 4. The summed E-state index contributed by atoms with van der Waals surface area (Å²) in [6.07, 6.45) is 14.5. The average molecular weight is 575 g/mol. The van der Waals surface area contributed by atoms with Crippen molar-refractivity contribution >= 4 is 0 Å². The van der Waals surface area contributed by atoms with Crippen LogP contribution in [0.25, 0.3) is 0 Å². The molecule has 1 heterocycles. The van der Waals surface area contributed by atoms with Gasteiger partial charge in [0, 0.05) is 0 Å². The Morgan fingerprint density at radius 2 is 1.76 bits per heavy atom. The predicted octanol–water partition coefficient (Wildman–Crippen LogP) is 5.75. The number of aliphatic hydroxyl groups is 4. The molecule has 2 spiro atoms. The Kier molecular flexibility index (Phi) is 8.53. The number of fused-ring (bicyclic) bond motifs is 2. The fourth-order valence-corrected chi connectivity index (χ4v) is 11.6. The Morgan fingerprint density at radius 1 is 0.976 bits per heavy atom. The number of rotatable bonds is 10. The molecule has 0 bridgehead atoms. The summed E-state index contributed by atoms with van der Waals surface area (Å²) in [5.74, 6) is 4.33. The van der Waals surface area contributed by atoms with Crippen LogP contribution in [0.1, 0.15) is 118 Å². The van der Waals surface area contributed by atoms with Crippen LogP contribution in [0.4, 0.5) is 0 Å². The summed E-state index contributed by atoms with van der Waals surface area (Å²) >= 11 is 0. The summed E-state index contributed by atoms with van der Waals surface area (Å²) in [5, 5.41) is 40.4. The Balaban J connectivity index is 1.10. The van der Waals surface area contributed by atoms with Crippen molar-refractivity contribution in [1.29, 1.82) is 0 Å². The van der Waals surface area contributed by atoms with Crippen LogP contribution in [0.3, 0.4) is 0 Å². The van der Waals surface area contributed by atoms with Gasteiger partial charge in [-0.3, -0.25) is 0 Å². The van der Waals surface area contributed by atoms with E-state index in [0.29, 0.717) is 16.2 Å². The van der Waals surface area contributed by atoms with Crippen molar-refractivity contribution in [3.8, 4) is 0 Å². The van der Waals surface area contributed by atoms with E-state index >= 15 is 0 Å². The quantitative estimate of drug-likeness (QED) is 0.248. The van der Waals surface area contributed by atoms with Gasteiger partial charge in [-0.2, -0.15) is 0 Å². The van der Waals surface area contributed by atoms with Gasteiger partial charge >= 0.3 is 0 Å². The third-order valence-corrected chi connectivity index (χ3v) is 14.1. The van der Waals surface area contributed by atoms with Gasteiger partial charge in [-0.1, -0.05) is 71.4 Å². The molecule has 6 aliphatic rings. The zero-order chi connectivity index (χ0) is 29.2. The molecule has 41 heavy (non-hydrogen) atoms. The first-order chi connectivity index (χ1) is 19.6. The first-order valence-electron chi connectivity index (χ1n) is 17.3. The van der Waals surface area contributed by atoms with E-state index in [0.717, 1.165) is 48.9 Å². The molecule has 234 valence electrons. The van der Waals surface area contributed by atoms with Crippen molar-refractivity contribution < 1.29 is 29.9 Å². The molecular formula is C35H58O6. The van der Waals surface area contributed by atoms with Gasteiger partial charge in [0.1, 0.15) is 24.4 Å². The molecule has 13 atom stereocenters. The summed E-state index contributed by atoms with van der Waals surface area (Å²) in [6.45, 7) is 9.53. The lowest BCUT2D eigenvalue weighted by atomic mass is 9.50. The molecule has 0 aromatic carbocycles. The molecule has 4 N–H and O–H groups in total. The van der Waals surface area contributed by atoms with E-state index in [1.807, 2.05) is 0 Å². The van der Waals surface area contributed by atoms with Crippen LogP contribution in [0, 0.1) is 45.8 Å². The van der Waals surface area contributed by atoms with E-state index in [9.17, 15) is 20.4 Å². The van der Waals surface area contributed by atoms with Crippen LogP contribution >= 0.6 is 0 Å². The minimum Gasteiger partial charge on any atom is -0.394 e. The number of allylic oxidation sites excluding steroid dienone is 1. The standard InChI is InChI=1S/C35H58O6/c1-5-22(6-2)9-7-8-21(3)25-12-13-26-27-11-10-23-18-24(40-32-31(39)30(38)29(37)28(19-36)41-32)14-15-34(23)20-35(27,34)17-16-33(25,26)4/h10,21-22,24-32,36-39H,5-9,11-20H2,1-4H3/t21-,24+,25-,26+,27-,28+,29+,30-,31+,32+,33-,34-,35+/m0/s1. The van der Waals surface area contributed by atoms with Gasteiger partial charge in [0.15, 0.2) is 6.29 Å². The van der Waals surface area contributed by atoms with E-state index in [4.69, 9.17) is 9.47 Å². The fourth-order valence-electron chi connectivity index (χ4n) is 11.6. The largest absolute Gasteiger partial charge is 0.394 e. The highest BCUT2D eigenvalue weighted by Crippen LogP contribution is 2.84. The Bertz CT molecular complexity index is 962. The molecule has 0 aromatic rings. The number of hydrogen-bond acceptors (Lipinski definition) is 6. The SMILES string of the molecule is CCC(CC)CCC[C@H](C)[C@@H]1CC[C@@H]2[C@@H]3CC=C4C[C@H](O[C@@H]5O[C@H](CO)[C@@H](O)[C@H](O)[C@H]5O)CC[C@]45C[C@]35CC[C@]21C. The van der Waals surface area contributed by atoms with E-state index in [1.165, 1.54) is 70.6 Å². The van der Waals surface area contributed by atoms with Crippen LogP contribution in [0.15, 0.2) is 11.6 Å². The van der Waals surface area contributed by atoms with E-state index in [2.05, 4.69) is 33.8 Å². The molecule has 5 fully saturated rings. The summed E-state index contributed by atoms with van der Waals surface area (Å²) < 4.78 is 11.9. The Morgan fingerprint density at radius 3 is 2.49 bits per heavy atom. The van der Waals surface area contributed by atoms with Gasteiger partial charge in [0.05, 0.1) is 12.7 Å². The van der Waals surface area contributed by atoms with Crippen LogP contribution in [0.2, 0.25) is 0 Å². The van der Waals surface area contributed by atoms with E-state index in [-0.39, 0.29) is 6.10 Å². The molecule has 6 rings (SSSR count). The summed E-state index contributed by atoms with van der Waals surface area (Å²) in [5.41, 5.74) is 2.92. The normalized spacial score (nSPS) is 49.5. The van der Waals surface area contributed by atoms with Crippen LogP contribution < -0.4 is 0 Å². The van der Waals surface area contributed by atoms with Crippen LogP contribution in [-0.2, 0) is 9.47 Å². The minimum atomic E-state index is -1.39. The van der Waals surface area contributed by atoms with Crippen molar-refractivity contribution in [2.75, 3.05) is 6.61 Å². The summed E-state index contributed by atoms with van der Waals surface area (Å²) in [7, 11) is 0. The van der Waals surface area contributed by atoms with Crippen molar-refractivity contribution in [2.45, 2.75) is 154 Å². The third-order valence-electron chi connectivity index (χ3n) is 14.1. The van der Waals surface area contributed by atoms with Gasteiger partial charge in [0.25, 0.3) is 0 Å². The maximum atomic E-state index is 10.5. The average Bonchev–Trinajstić information content (AvgIpc) is 3.51. The van der Waals surface area contributed by atoms with Gasteiger partial charge in [0.2, 0.25) is 0 Å². The summed E-state index contributed by atoms with van der Waals surface area (Å²) in [6, 6.07) is 0. The molecule has 0 radical (unpaired) electrons. The Labute approximate surface area is 248 Å². The zero-order valence-electron chi connectivity index (χ0n) is 26.1. The smallest absolute Gasteiger partial charge is 0.186 e. The first kappa shape index (κ1) is 30.5. The van der Waals surface area contributed by atoms with Crippen molar-refractivity contribution in [1.82, 2.24) is 0 Å². The Hall–Kier alpha value is -0.500. The predicted molar refractivity (Wildman–Crippen MR) is 159 cm³/mol. The summed E-state index contributed by atoms with van der Waals surface area (Å²) in [4.78, 5) is 0. The maximum Gasteiger partial charge on any atom is 0.186 e. The molecule has 6 nitrogen and oxygen atoms in total. The zero-order valence-corrected chi connectivity index (χ0v) is 26.1. The molecule has 0 amide bonds. The van der Waals surface area contributed by atoms with Crippen molar-refractivity contribution in [2.24, 2.45) is 45.8 Å². The topological polar surface area (TPSA) is 99.4 Å². The van der Waals surface area contributed by atoms with Gasteiger partial charge in [-0.15, -0.1) is 0 Å². The first-order valence-corrected chi connectivity index (χ1v) is 17.3. The fraction of sp³-hybridized carbons (Fsp3) is 0.943. The molecule has 1 aliphatic heterocycles. The third kappa shape index (κ3) is 4.81. The van der Waals surface area contributed by atoms with Gasteiger partial charge in [-0.25, -0.2) is 0 Å². The molecule has 4 saturated carbocycles. The molecule has 0 aromatic heterocycles. The number of hydrogen-bond donors (Lipinski definition) is 4. The molecule has 5 aliphatic carbocycles. The maximum absolute atomic E-state index is 10.5. The van der Waals surface area contributed by atoms with Crippen molar-refractivity contribution in [3.63, 3.8) is 0 Å². The minimum absolute atomic E-state index is 0.0758. The van der Waals surface area contributed by atoms with Gasteiger partial charge in [-0.05, 0) is 104 Å².